The third kappa shape index (κ3) is 3.67. The Morgan fingerprint density at radius 3 is 2.63 bits per heavy atom. The first-order valence-corrected chi connectivity index (χ1v) is 5.82. The zero-order valence-corrected chi connectivity index (χ0v) is 11.1. The molecule has 3 N–H and O–H groups in total. The minimum absolute atomic E-state index is 0.0163. The molecule has 0 radical (unpaired) electrons. The van der Waals surface area contributed by atoms with Crippen LogP contribution >= 0.6 is 0 Å². The molecule has 5 nitrogen and oxygen atoms in total. The van der Waals surface area contributed by atoms with Gasteiger partial charge in [0, 0.05) is 5.69 Å². The van der Waals surface area contributed by atoms with E-state index >= 15 is 0 Å². The van der Waals surface area contributed by atoms with Crippen molar-refractivity contribution >= 4 is 17.6 Å². The molecule has 0 saturated heterocycles. The first-order chi connectivity index (χ1) is 8.77. The first-order valence-electron chi connectivity index (χ1n) is 5.82. The number of hydrogen-bond donors (Lipinski definition) is 2. The normalized spacial score (nSPS) is 10.9. The highest BCUT2D eigenvalue weighted by Crippen LogP contribution is 2.15. The van der Waals surface area contributed by atoms with Gasteiger partial charge in [-0.2, -0.15) is 0 Å². The number of hydrogen-bond acceptors (Lipinski definition) is 4. The van der Waals surface area contributed by atoms with Gasteiger partial charge in [0.05, 0.1) is 12.2 Å². The van der Waals surface area contributed by atoms with Crippen molar-refractivity contribution in [1.29, 1.82) is 0 Å². The Morgan fingerprint density at radius 2 is 2.05 bits per heavy atom. The SMILES string of the molecule is CCOC(=O)C(C)(C)NC(=O)c1cc(F)ccc1N. The Hall–Kier alpha value is -2.11. The minimum atomic E-state index is -1.22. The number of benzene rings is 1. The van der Waals surface area contributed by atoms with E-state index < -0.39 is 23.2 Å². The van der Waals surface area contributed by atoms with Crippen LogP contribution in [0.25, 0.3) is 0 Å². The van der Waals surface area contributed by atoms with E-state index in [-0.39, 0.29) is 17.9 Å². The molecule has 0 aliphatic rings. The molecule has 0 unspecified atom stereocenters. The van der Waals surface area contributed by atoms with E-state index in [1.165, 1.54) is 19.9 Å². The number of carbonyl (C=O) groups is 2. The molecule has 0 aromatic heterocycles. The van der Waals surface area contributed by atoms with Gasteiger partial charge in [-0.05, 0) is 39.0 Å². The number of amides is 1. The summed E-state index contributed by atoms with van der Waals surface area (Å²) in [5.41, 5.74) is 4.51. The van der Waals surface area contributed by atoms with Crippen molar-refractivity contribution in [2.75, 3.05) is 12.3 Å². The lowest BCUT2D eigenvalue weighted by Gasteiger charge is -2.24. The summed E-state index contributed by atoms with van der Waals surface area (Å²) in [6.45, 7) is 4.87. The number of halogens is 1. The van der Waals surface area contributed by atoms with Crippen molar-refractivity contribution in [3.63, 3.8) is 0 Å². The van der Waals surface area contributed by atoms with E-state index in [2.05, 4.69) is 5.32 Å². The van der Waals surface area contributed by atoms with Crippen LogP contribution in [-0.2, 0) is 9.53 Å². The number of ether oxygens (including phenoxy) is 1. The van der Waals surface area contributed by atoms with E-state index in [4.69, 9.17) is 10.5 Å². The second kappa shape index (κ2) is 5.69. The molecule has 1 aromatic carbocycles. The Morgan fingerprint density at radius 1 is 1.42 bits per heavy atom. The maximum absolute atomic E-state index is 13.1. The molecule has 0 atom stereocenters. The molecule has 0 aliphatic carbocycles. The molecule has 1 rings (SSSR count). The Bertz CT molecular complexity index is 501. The fraction of sp³-hybridized carbons (Fsp3) is 0.385. The van der Waals surface area contributed by atoms with Crippen LogP contribution in [0.5, 0.6) is 0 Å². The molecule has 0 bridgehead atoms. The van der Waals surface area contributed by atoms with Crippen molar-refractivity contribution < 1.29 is 18.7 Å². The van der Waals surface area contributed by atoms with Crippen LogP contribution in [0.2, 0.25) is 0 Å². The monoisotopic (exact) mass is 268 g/mol. The summed E-state index contributed by atoms with van der Waals surface area (Å²) in [6, 6.07) is 3.47. The highest BCUT2D eigenvalue weighted by Gasteiger charge is 2.31. The lowest BCUT2D eigenvalue weighted by molar-refractivity contribution is -0.149. The second-order valence-corrected chi connectivity index (χ2v) is 4.53. The molecule has 19 heavy (non-hydrogen) atoms. The maximum Gasteiger partial charge on any atom is 0.331 e. The van der Waals surface area contributed by atoms with E-state index in [9.17, 15) is 14.0 Å². The second-order valence-electron chi connectivity index (χ2n) is 4.53. The third-order valence-electron chi connectivity index (χ3n) is 2.47. The number of nitrogen functional groups attached to an aromatic ring is 1. The molecule has 0 fully saturated rings. The standard InChI is InChI=1S/C13H17FN2O3/c1-4-19-12(18)13(2,3)16-11(17)9-7-8(14)5-6-10(9)15/h5-7H,4,15H2,1-3H3,(H,16,17). The van der Waals surface area contributed by atoms with Crippen LogP contribution in [0.15, 0.2) is 18.2 Å². The number of esters is 1. The smallest absolute Gasteiger partial charge is 0.331 e. The van der Waals surface area contributed by atoms with Crippen molar-refractivity contribution in [1.82, 2.24) is 5.32 Å². The summed E-state index contributed by atoms with van der Waals surface area (Å²) >= 11 is 0. The summed E-state index contributed by atoms with van der Waals surface area (Å²) in [7, 11) is 0. The summed E-state index contributed by atoms with van der Waals surface area (Å²) in [5, 5.41) is 2.47. The van der Waals surface area contributed by atoms with Crippen molar-refractivity contribution in [3.05, 3.63) is 29.6 Å². The number of rotatable bonds is 4. The maximum atomic E-state index is 13.1. The summed E-state index contributed by atoms with van der Waals surface area (Å²) < 4.78 is 17.9. The Kier molecular flexibility index (Phi) is 4.47. The van der Waals surface area contributed by atoms with Crippen molar-refractivity contribution in [2.24, 2.45) is 0 Å². The van der Waals surface area contributed by atoms with Crippen molar-refractivity contribution in [2.45, 2.75) is 26.3 Å². The Labute approximate surface area is 110 Å². The summed E-state index contributed by atoms with van der Waals surface area (Å²) in [5.74, 6) is -1.78. The molecule has 1 aromatic rings. The van der Waals surface area contributed by atoms with E-state index in [1.54, 1.807) is 6.92 Å². The van der Waals surface area contributed by atoms with Crippen LogP contribution in [-0.4, -0.2) is 24.0 Å². The van der Waals surface area contributed by atoms with Gasteiger partial charge < -0.3 is 15.8 Å². The largest absolute Gasteiger partial charge is 0.464 e. The average Bonchev–Trinajstić information content (AvgIpc) is 2.32. The van der Waals surface area contributed by atoms with Gasteiger partial charge in [-0.15, -0.1) is 0 Å². The van der Waals surface area contributed by atoms with Gasteiger partial charge in [-0.1, -0.05) is 0 Å². The quantitative estimate of drug-likeness (QED) is 0.640. The fourth-order valence-electron chi connectivity index (χ4n) is 1.44. The molecule has 0 spiro atoms. The number of anilines is 1. The van der Waals surface area contributed by atoms with Crippen LogP contribution in [0.3, 0.4) is 0 Å². The molecule has 0 heterocycles. The predicted octanol–water partition coefficient (Wildman–Crippen LogP) is 1.48. The van der Waals surface area contributed by atoms with E-state index in [0.717, 1.165) is 12.1 Å². The highest BCUT2D eigenvalue weighted by atomic mass is 19.1. The topological polar surface area (TPSA) is 81.4 Å². The Balaban J connectivity index is 2.90. The zero-order chi connectivity index (χ0) is 14.6. The van der Waals surface area contributed by atoms with Gasteiger partial charge in [0.25, 0.3) is 5.91 Å². The first kappa shape index (κ1) is 14.9. The predicted molar refractivity (Wildman–Crippen MR) is 69.0 cm³/mol. The van der Waals surface area contributed by atoms with E-state index in [0.29, 0.717) is 0 Å². The van der Waals surface area contributed by atoms with Gasteiger partial charge in [-0.25, -0.2) is 9.18 Å². The number of carbonyl (C=O) groups excluding carboxylic acids is 2. The number of nitrogens with two attached hydrogens (primary N) is 1. The molecular weight excluding hydrogens is 251 g/mol. The van der Waals surface area contributed by atoms with Gasteiger partial charge in [0.1, 0.15) is 11.4 Å². The molecule has 0 saturated carbocycles. The lowest BCUT2D eigenvalue weighted by Crippen LogP contribution is -2.50. The summed E-state index contributed by atoms with van der Waals surface area (Å²) in [6.07, 6.45) is 0. The van der Waals surface area contributed by atoms with Crippen LogP contribution in [0, 0.1) is 5.82 Å². The van der Waals surface area contributed by atoms with Gasteiger partial charge >= 0.3 is 5.97 Å². The molecule has 6 heteroatoms. The van der Waals surface area contributed by atoms with Gasteiger partial charge in [0.15, 0.2) is 0 Å². The fourth-order valence-corrected chi connectivity index (χ4v) is 1.44. The molecule has 104 valence electrons. The average molecular weight is 268 g/mol. The highest BCUT2D eigenvalue weighted by molar-refractivity contribution is 6.01. The van der Waals surface area contributed by atoms with Crippen LogP contribution in [0.1, 0.15) is 31.1 Å². The van der Waals surface area contributed by atoms with Crippen molar-refractivity contribution in [3.8, 4) is 0 Å². The number of nitrogens with one attached hydrogen (secondary N) is 1. The van der Waals surface area contributed by atoms with E-state index in [1.807, 2.05) is 0 Å². The summed E-state index contributed by atoms with van der Waals surface area (Å²) in [4.78, 5) is 23.6. The van der Waals surface area contributed by atoms with Gasteiger partial charge in [0.2, 0.25) is 0 Å². The molecule has 0 aliphatic heterocycles. The zero-order valence-electron chi connectivity index (χ0n) is 11.1. The third-order valence-corrected chi connectivity index (χ3v) is 2.47. The molecular formula is C13H17FN2O3. The lowest BCUT2D eigenvalue weighted by atomic mass is 10.0. The van der Waals surface area contributed by atoms with Crippen LogP contribution < -0.4 is 11.1 Å². The van der Waals surface area contributed by atoms with Gasteiger partial charge in [-0.3, -0.25) is 4.79 Å². The minimum Gasteiger partial charge on any atom is -0.464 e. The van der Waals surface area contributed by atoms with Crippen LogP contribution in [0.4, 0.5) is 10.1 Å². The molecule has 1 amide bonds.